The number of quaternary nitrogens is 1. The van der Waals surface area contributed by atoms with Gasteiger partial charge in [0.25, 0.3) is 5.91 Å². The smallest absolute Gasteiger partial charge is 0.266 e. The Morgan fingerprint density at radius 1 is 1.11 bits per heavy atom. The summed E-state index contributed by atoms with van der Waals surface area (Å²) in [7, 11) is 2.19. The SMILES string of the molecule is CCc1ccc(-c2cc(C(=O)NN3CC[NH+](C)CC3)c3ccccc3n2)cc1. The van der Waals surface area contributed by atoms with E-state index in [1.807, 2.05) is 35.3 Å². The third kappa shape index (κ3) is 3.91. The average molecular weight is 375 g/mol. The molecule has 3 aromatic rings. The van der Waals surface area contributed by atoms with Crippen LogP contribution >= 0.6 is 0 Å². The Kier molecular flexibility index (Phi) is 5.37. The molecule has 5 heteroatoms. The maximum absolute atomic E-state index is 13.1. The lowest BCUT2D eigenvalue weighted by Crippen LogP contribution is -3.12. The van der Waals surface area contributed by atoms with Gasteiger partial charge < -0.3 is 4.90 Å². The monoisotopic (exact) mass is 375 g/mol. The fourth-order valence-electron chi connectivity index (χ4n) is 3.63. The first-order chi connectivity index (χ1) is 13.6. The van der Waals surface area contributed by atoms with Gasteiger partial charge in [-0.05, 0) is 24.1 Å². The third-order valence-electron chi connectivity index (χ3n) is 5.50. The van der Waals surface area contributed by atoms with Crippen LogP contribution in [0.25, 0.3) is 22.2 Å². The number of hydrazine groups is 1. The number of para-hydroxylation sites is 1. The quantitative estimate of drug-likeness (QED) is 0.733. The van der Waals surface area contributed by atoms with Crippen LogP contribution < -0.4 is 10.3 Å². The summed E-state index contributed by atoms with van der Waals surface area (Å²) in [6.45, 7) is 5.95. The molecular weight excluding hydrogens is 348 g/mol. The highest BCUT2D eigenvalue weighted by atomic mass is 16.2. The molecule has 1 aliphatic rings. The van der Waals surface area contributed by atoms with Crippen LogP contribution in [-0.2, 0) is 6.42 Å². The number of benzene rings is 2. The van der Waals surface area contributed by atoms with Crippen molar-refractivity contribution in [3.05, 3.63) is 65.7 Å². The minimum atomic E-state index is -0.0652. The summed E-state index contributed by atoms with van der Waals surface area (Å²) >= 11 is 0. The van der Waals surface area contributed by atoms with Crippen molar-refractivity contribution in [2.75, 3.05) is 33.2 Å². The van der Waals surface area contributed by atoms with Crippen LogP contribution in [0.2, 0.25) is 0 Å². The van der Waals surface area contributed by atoms with Crippen LogP contribution in [0.15, 0.2) is 54.6 Å². The number of rotatable bonds is 4. The predicted octanol–water partition coefficient (Wildman–Crippen LogP) is 1.94. The van der Waals surface area contributed by atoms with E-state index in [-0.39, 0.29) is 5.91 Å². The predicted molar refractivity (Wildman–Crippen MR) is 112 cm³/mol. The largest absolute Gasteiger partial charge is 0.335 e. The summed E-state index contributed by atoms with van der Waals surface area (Å²) in [6, 6.07) is 18.2. The van der Waals surface area contributed by atoms with Crippen molar-refractivity contribution in [2.24, 2.45) is 0 Å². The number of likely N-dealkylation sites (N-methyl/N-ethyl adjacent to an activating group) is 1. The number of carbonyl (C=O) groups is 1. The second-order valence-corrected chi connectivity index (χ2v) is 7.51. The Hall–Kier alpha value is -2.76. The van der Waals surface area contributed by atoms with Gasteiger partial charge in [0, 0.05) is 10.9 Å². The molecule has 2 aromatic carbocycles. The molecule has 1 aromatic heterocycles. The molecule has 0 atom stereocenters. The summed E-state index contributed by atoms with van der Waals surface area (Å²) in [4.78, 5) is 19.4. The molecule has 0 unspecified atom stereocenters. The van der Waals surface area contributed by atoms with Gasteiger partial charge in [-0.25, -0.2) is 9.99 Å². The average Bonchev–Trinajstić information content (AvgIpc) is 2.74. The number of fused-ring (bicyclic) bond motifs is 1. The summed E-state index contributed by atoms with van der Waals surface area (Å²) < 4.78 is 0. The lowest BCUT2D eigenvalue weighted by molar-refractivity contribution is -0.884. The molecule has 28 heavy (non-hydrogen) atoms. The number of carbonyl (C=O) groups excluding carboxylic acids is 1. The highest BCUT2D eigenvalue weighted by Gasteiger charge is 2.20. The number of piperazine rings is 1. The first-order valence-corrected chi connectivity index (χ1v) is 10.0. The molecule has 2 N–H and O–H groups in total. The second-order valence-electron chi connectivity index (χ2n) is 7.51. The summed E-state index contributed by atoms with van der Waals surface area (Å²) in [5.41, 5.74) is 7.76. The minimum absolute atomic E-state index is 0.0652. The van der Waals surface area contributed by atoms with Crippen molar-refractivity contribution in [2.45, 2.75) is 13.3 Å². The molecule has 1 amide bonds. The number of nitrogens with zero attached hydrogens (tertiary/aromatic N) is 2. The van der Waals surface area contributed by atoms with Crippen LogP contribution in [0.3, 0.4) is 0 Å². The topological polar surface area (TPSA) is 49.7 Å². The standard InChI is InChI=1S/C23H26N4O/c1-3-17-8-10-18(11-9-17)22-16-20(19-6-4-5-7-21(19)24-22)23(28)25-27-14-12-26(2)13-15-27/h4-11,16H,3,12-15H2,1-2H3,(H,25,28)/p+1. The highest BCUT2D eigenvalue weighted by molar-refractivity contribution is 6.07. The van der Waals surface area contributed by atoms with E-state index >= 15 is 0 Å². The van der Waals surface area contributed by atoms with Crippen LogP contribution in [0.1, 0.15) is 22.8 Å². The first-order valence-electron chi connectivity index (χ1n) is 10.0. The van der Waals surface area contributed by atoms with Crippen LogP contribution in [0, 0.1) is 0 Å². The van der Waals surface area contributed by atoms with E-state index in [1.165, 1.54) is 10.5 Å². The van der Waals surface area contributed by atoms with E-state index in [1.54, 1.807) is 0 Å². The Morgan fingerprint density at radius 2 is 1.82 bits per heavy atom. The number of aromatic nitrogens is 1. The van der Waals surface area contributed by atoms with Gasteiger partial charge >= 0.3 is 0 Å². The normalized spacial score (nSPS) is 15.6. The Morgan fingerprint density at radius 3 is 2.54 bits per heavy atom. The molecule has 5 nitrogen and oxygen atoms in total. The molecule has 0 saturated carbocycles. The molecule has 144 valence electrons. The molecule has 0 radical (unpaired) electrons. The zero-order valence-corrected chi connectivity index (χ0v) is 16.5. The fourth-order valence-corrected chi connectivity index (χ4v) is 3.63. The summed E-state index contributed by atoms with van der Waals surface area (Å²) in [6.07, 6.45) is 1.01. The number of amides is 1. The fraction of sp³-hybridized carbons (Fsp3) is 0.304. The van der Waals surface area contributed by atoms with E-state index in [0.29, 0.717) is 5.56 Å². The van der Waals surface area contributed by atoms with Gasteiger partial charge in [0.1, 0.15) is 0 Å². The van der Waals surface area contributed by atoms with Gasteiger partial charge in [0.2, 0.25) is 0 Å². The molecule has 1 aliphatic heterocycles. The number of pyridine rings is 1. The zero-order valence-electron chi connectivity index (χ0n) is 16.5. The second kappa shape index (κ2) is 8.09. The lowest BCUT2D eigenvalue weighted by Gasteiger charge is -2.30. The summed E-state index contributed by atoms with van der Waals surface area (Å²) in [5, 5.41) is 2.91. The van der Waals surface area contributed by atoms with E-state index in [0.717, 1.165) is 54.8 Å². The Labute approximate surface area is 166 Å². The van der Waals surface area contributed by atoms with Gasteiger partial charge in [-0.3, -0.25) is 10.2 Å². The van der Waals surface area contributed by atoms with Crippen molar-refractivity contribution < 1.29 is 9.69 Å². The van der Waals surface area contributed by atoms with Crippen LogP contribution in [0.4, 0.5) is 0 Å². The molecule has 0 spiro atoms. The molecule has 1 saturated heterocycles. The number of nitrogens with one attached hydrogen (secondary N) is 2. The van der Waals surface area contributed by atoms with Crippen LogP contribution in [0.5, 0.6) is 0 Å². The summed E-state index contributed by atoms with van der Waals surface area (Å²) in [5.74, 6) is -0.0652. The van der Waals surface area contributed by atoms with E-state index < -0.39 is 0 Å². The molecular formula is C23H27N4O+. The number of hydrogen-bond donors (Lipinski definition) is 2. The van der Waals surface area contributed by atoms with E-state index in [9.17, 15) is 4.79 Å². The molecule has 4 rings (SSSR count). The van der Waals surface area contributed by atoms with Gasteiger partial charge in [-0.1, -0.05) is 49.4 Å². The number of hydrogen-bond acceptors (Lipinski definition) is 3. The molecule has 0 aliphatic carbocycles. The maximum Gasteiger partial charge on any atom is 0.266 e. The van der Waals surface area contributed by atoms with Crippen molar-refractivity contribution >= 4 is 16.8 Å². The van der Waals surface area contributed by atoms with E-state index in [4.69, 9.17) is 4.98 Å². The highest BCUT2D eigenvalue weighted by Crippen LogP contribution is 2.25. The lowest BCUT2D eigenvalue weighted by atomic mass is 10.0. The Balaban J connectivity index is 1.68. The number of aryl methyl sites for hydroxylation is 1. The molecule has 1 fully saturated rings. The van der Waals surface area contributed by atoms with Crippen molar-refractivity contribution in [1.82, 2.24) is 15.4 Å². The minimum Gasteiger partial charge on any atom is -0.335 e. The van der Waals surface area contributed by atoms with Crippen molar-refractivity contribution in [3.63, 3.8) is 0 Å². The van der Waals surface area contributed by atoms with Gasteiger partial charge in [0.15, 0.2) is 0 Å². The molecule has 2 heterocycles. The maximum atomic E-state index is 13.1. The van der Waals surface area contributed by atoms with Gasteiger partial charge in [-0.2, -0.15) is 0 Å². The van der Waals surface area contributed by atoms with Crippen LogP contribution in [-0.4, -0.2) is 49.1 Å². The zero-order chi connectivity index (χ0) is 19.5. The van der Waals surface area contributed by atoms with Gasteiger partial charge in [-0.15, -0.1) is 0 Å². The van der Waals surface area contributed by atoms with E-state index in [2.05, 4.69) is 43.7 Å². The van der Waals surface area contributed by atoms with Crippen molar-refractivity contribution in [3.8, 4) is 11.3 Å². The van der Waals surface area contributed by atoms with Gasteiger partial charge in [0.05, 0.1) is 50.0 Å². The molecule has 0 bridgehead atoms. The third-order valence-corrected chi connectivity index (χ3v) is 5.50. The van der Waals surface area contributed by atoms with Crippen molar-refractivity contribution in [1.29, 1.82) is 0 Å². The first kappa shape index (κ1) is 18.6. The Bertz CT molecular complexity index is 976.